The molecule has 1 aliphatic rings. The molecule has 0 atom stereocenters. The van der Waals surface area contributed by atoms with E-state index in [9.17, 15) is 23.9 Å². The molecule has 4 rings (SSSR count). The molecule has 6 nitrogen and oxygen atoms in total. The number of anilines is 1. The van der Waals surface area contributed by atoms with Gasteiger partial charge in [0.25, 0.3) is 5.91 Å². The molecule has 2 N–H and O–H groups in total. The minimum atomic E-state index is -1.07. The summed E-state index contributed by atoms with van der Waals surface area (Å²) in [5.74, 6) is -1.83. The van der Waals surface area contributed by atoms with Crippen LogP contribution in [0.5, 0.6) is 0 Å². The number of carboxylic acid groups (broad SMARTS) is 1. The molecule has 7 heteroatoms. The number of carboxylic acids is 1. The van der Waals surface area contributed by atoms with E-state index in [2.05, 4.69) is 5.32 Å². The van der Waals surface area contributed by atoms with Gasteiger partial charge < -0.3 is 15.2 Å². The summed E-state index contributed by atoms with van der Waals surface area (Å²) >= 11 is 0. The van der Waals surface area contributed by atoms with Gasteiger partial charge in [0.2, 0.25) is 0 Å². The number of nitrogens with one attached hydrogen (secondary N) is 1. The zero-order valence-electron chi connectivity index (χ0n) is 19.3. The van der Waals surface area contributed by atoms with Crippen molar-refractivity contribution in [2.45, 2.75) is 26.2 Å². The average molecular weight is 476 g/mol. The van der Waals surface area contributed by atoms with Crippen LogP contribution >= 0.6 is 0 Å². The van der Waals surface area contributed by atoms with Crippen LogP contribution in [0.25, 0.3) is 11.1 Å². The highest BCUT2D eigenvalue weighted by Gasteiger charge is 2.42. The topological polar surface area (TPSA) is 92.7 Å². The Morgan fingerprint density at radius 3 is 2.06 bits per heavy atom. The van der Waals surface area contributed by atoms with Gasteiger partial charge in [0.15, 0.2) is 5.78 Å². The summed E-state index contributed by atoms with van der Waals surface area (Å²) in [7, 11) is 0. The van der Waals surface area contributed by atoms with Gasteiger partial charge in [-0.3, -0.25) is 14.4 Å². The summed E-state index contributed by atoms with van der Waals surface area (Å²) in [5, 5.41) is 12.5. The molecule has 1 heterocycles. The maximum Gasteiger partial charge on any atom is 0.310 e. The van der Waals surface area contributed by atoms with Crippen LogP contribution < -0.4 is 5.32 Å². The second-order valence-corrected chi connectivity index (χ2v) is 8.87. The van der Waals surface area contributed by atoms with Gasteiger partial charge in [-0.15, -0.1) is 0 Å². The molecule has 0 unspecified atom stereocenters. The maximum atomic E-state index is 13.4. The third-order valence-electron chi connectivity index (χ3n) is 6.51. The van der Waals surface area contributed by atoms with E-state index in [1.54, 1.807) is 31.2 Å². The van der Waals surface area contributed by atoms with Crippen molar-refractivity contribution in [1.29, 1.82) is 0 Å². The van der Waals surface area contributed by atoms with Gasteiger partial charge in [0.1, 0.15) is 5.82 Å². The fourth-order valence-corrected chi connectivity index (χ4v) is 4.22. The van der Waals surface area contributed by atoms with Crippen LogP contribution in [0.4, 0.5) is 10.1 Å². The highest BCUT2D eigenvalue weighted by Crippen LogP contribution is 2.36. The van der Waals surface area contributed by atoms with E-state index in [0.717, 1.165) is 11.1 Å². The van der Waals surface area contributed by atoms with E-state index in [-0.39, 0.29) is 23.9 Å². The SMILES string of the molecule is Cc1cc(C(=O)Nc2ccc(-c3ccc(C(=O)CC4(C(=O)O)CCOCC4)cc3)cc2)ccc1F. The summed E-state index contributed by atoms with van der Waals surface area (Å²) in [5.41, 5.74) is 2.56. The number of carbonyl (C=O) groups excluding carboxylic acids is 2. The lowest BCUT2D eigenvalue weighted by atomic mass is 9.75. The van der Waals surface area contributed by atoms with Crippen molar-refractivity contribution in [3.63, 3.8) is 0 Å². The molecule has 1 amide bonds. The summed E-state index contributed by atoms with van der Waals surface area (Å²) in [6.07, 6.45) is 0.610. The number of rotatable bonds is 7. The lowest BCUT2D eigenvalue weighted by Crippen LogP contribution is -2.39. The van der Waals surface area contributed by atoms with Crippen LogP contribution in [-0.2, 0) is 9.53 Å². The van der Waals surface area contributed by atoms with Crippen molar-refractivity contribution in [3.05, 3.63) is 89.2 Å². The number of carbonyl (C=O) groups is 3. The molecule has 0 bridgehead atoms. The predicted molar refractivity (Wildman–Crippen MR) is 130 cm³/mol. The maximum absolute atomic E-state index is 13.4. The van der Waals surface area contributed by atoms with E-state index in [0.29, 0.717) is 48.4 Å². The molecular formula is C28H26FNO5. The first-order valence-electron chi connectivity index (χ1n) is 11.4. The number of benzene rings is 3. The number of ether oxygens (including phenoxy) is 1. The zero-order valence-corrected chi connectivity index (χ0v) is 19.3. The molecule has 0 aromatic heterocycles. The molecule has 1 saturated heterocycles. The third kappa shape index (κ3) is 5.46. The molecule has 3 aromatic rings. The van der Waals surface area contributed by atoms with Gasteiger partial charge in [-0.1, -0.05) is 36.4 Å². The van der Waals surface area contributed by atoms with Crippen LogP contribution in [0.3, 0.4) is 0 Å². The van der Waals surface area contributed by atoms with Crippen LogP contribution in [-0.4, -0.2) is 36.0 Å². The van der Waals surface area contributed by atoms with Crippen LogP contribution in [0.15, 0.2) is 66.7 Å². The number of hydrogen-bond donors (Lipinski definition) is 2. The Morgan fingerprint density at radius 1 is 0.914 bits per heavy atom. The molecule has 0 radical (unpaired) electrons. The normalized spacial score (nSPS) is 14.8. The van der Waals surface area contributed by atoms with Gasteiger partial charge in [-0.25, -0.2) is 4.39 Å². The molecule has 35 heavy (non-hydrogen) atoms. The first kappa shape index (κ1) is 24.3. The third-order valence-corrected chi connectivity index (χ3v) is 6.51. The number of aryl methyl sites for hydroxylation is 1. The van der Waals surface area contributed by atoms with Crippen molar-refractivity contribution in [2.75, 3.05) is 18.5 Å². The molecule has 0 saturated carbocycles. The summed E-state index contributed by atoms with van der Waals surface area (Å²) in [6, 6.07) is 18.5. The molecular weight excluding hydrogens is 449 g/mol. The highest BCUT2D eigenvalue weighted by molar-refractivity contribution is 6.04. The Hall–Kier alpha value is -3.84. The second-order valence-electron chi connectivity index (χ2n) is 8.87. The quantitative estimate of drug-likeness (QED) is 0.440. The van der Waals surface area contributed by atoms with Crippen molar-refractivity contribution < 1.29 is 28.6 Å². The van der Waals surface area contributed by atoms with E-state index in [4.69, 9.17) is 4.74 Å². The standard InChI is InChI=1S/C28H26FNO5/c1-18-16-22(8-11-24(18)29)26(32)30-23-9-6-20(7-10-23)19-2-4-21(5-3-19)25(31)17-28(27(33)34)12-14-35-15-13-28/h2-11,16H,12-15,17H2,1H3,(H,30,32)(H,33,34). The second kappa shape index (κ2) is 10.2. The number of Topliss-reactive ketones (excluding diaryl/α,β-unsaturated/α-hetero) is 1. The van der Waals surface area contributed by atoms with E-state index in [1.807, 2.05) is 24.3 Å². The summed E-state index contributed by atoms with van der Waals surface area (Å²) in [6.45, 7) is 2.30. The Balaban J connectivity index is 1.42. The van der Waals surface area contributed by atoms with Crippen molar-refractivity contribution >= 4 is 23.3 Å². The lowest BCUT2D eigenvalue weighted by molar-refractivity contribution is -0.154. The Morgan fingerprint density at radius 2 is 1.49 bits per heavy atom. The molecule has 0 spiro atoms. The largest absolute Gasteiger partial charge is 0.481 e. The number of amides is 1. The minimum absolute atomic E-state index is 0.0486. The van der Waals surface area contributed by atoms with Gasteiger partial charge in [-0.2, -0.15) is 0 Å². The van der Waals surface area contributed by atoms with Crippen LogP contribution in [0.1, 0.15) is 45.5 Å². The first-order valence-corrected chi connectivity index (χ1v) is 11.4. The Labute approximate surface area is 202 Å². The van der Waals surface area contributed by atoms with Crippen molar-refractivity contribution in [3.8, 4) is 11.1 Å². The van der Waals surface area contributed by atoms with Crippen molar-refractivity contribution in [1.82, 2.24) is 0 Å². The fraction of sp³-hybridized carbons (Fsp3) is 0.250. The molecule has 180 valence electrons. The molecule has 1 fully saturated rings. The van der Waals surface area contributed by atoms with Gasteiger partial charge in [0.05, 0.1) is 5.41 Å². The number of aliphatic carboxylic acids is 1. The Bertz CT molecular complexity index is 1250. The van der Waals surface area contributed by atoms with E-state index >= 15 is 0 Å². The van der Waals surface area contributed by atoms with E-state index < -0.39 is 11.4 Å². The molecule has 1 aliphatic heterocycles. The predicted octanol–water partition coefficient (Wildman–Crippen LogP) is 5.51. The molecule has 0 aliphatic carbocycles. The average Bonchev–Trinajstić information content (AvgIpc) is 2.86. The zero-order chi connectivity index (χ0) is 25.0. The highest BCUT2D eigenvalue weighted by atomic mass is 19.1. The monoisotopic (exact) mass is 475 g/mol. The molecule has 3 aromatic carbocycles. The summed E-state index contributed by atoms with van der Waals surface area (Å²) < 4.78 is 18.7. The van der Waals surface area contributed by atoms with Crippen LogP contribution in [0.2, 0.25) is 0 Å². The fourth-order valence-electron chi connectivity index (χ4n) is 4.22. The summed E-state index contributed by atoms with van der Waals surface area (Å²) in [4.78, 5) is 37.1. The van der Waals surface area contributed by atoms with Gasteiger partial charge in [0, 0.05) is 36.4 Å². The van der Waals surface area contributed by atoms with Crippen LogP contribution in [0, 0.1) is 18.2 Å². The minimum Gasteiger partial charge on any atom is -0.481 e. The number of halogens is 1. The van der Waals surface area contributed by atoms with E-state index in [1.165, 1.54) is 18.2 Å². The Kier molecular flexibility index (Phi) is 7.07. The number of hydrogen-bond acceptors (Lipinski definition) is 4. The van der Waals surface area contributed by atoms with Crippen molar-refractivity contribution in [2.24, 2.45) is 5.41 Å². The van der Waals surface area contributed by atoms with Gasteiger partial charge >= 0.3 is 5.97 Å². The lowest BCUT2D eigenvalue weighted by Gasteiger charge is -2.32. The number of ketones is 1. The first-order chi connectivity index (χ1) is 16.8. The smallest absolute Gasteiger partial charge is 0.310 e. The van der Waals surface area contributed by atoms with Gasteiger partial charge in [-0.05, 0) is 66.8 Å².